The summed E-state index contributed by atoms with van der Waals surface area (Å²) >= 11 is 0. The molecule has 1 aliphatic rings. The number of hydrogen-bond donors (Lipinski definition) is 0. The summed E-state index contributed by atoms with van der Waals surface area (Å²) in [6, 6.07) is 20.3. The molecule has 3 aromatic rings. The van der Waals surface area contributed by atoms with E-state index in [4.69, 9.17) is 9.47 Å². The van der Waals surface area contributed by atoms with Crippen molar-refractivity contribution in [3.05, 3.63) is 89.7 Å². The average Bonchev–Trinajstić information content (AvgIpc) is 2.88. The van der Waals surface area contributed by atoms with Gasteiger partial charge in [0.25, 0.3) is 0 Å². The van der Waals surface area contributed by atoms with Crippen molar-refractivity contribution in [1.82, 2.24) is 14.2 Å². The first-order chi connectivity index (χ1) is 18.0. The van der Waals surface area contributed by atoms with E-state index in [-0.39, 0.29) is 24.9 Å². The van der Waals surface area contributed by atoms with Crippen molar-refractivity contribution in [3.8, 4) is 11.5 Å². The van der Waals surface area contributed by atoms with Gasteiger partial charge in [-0.25, -0.2) is 8.42 Å². The van der Waals surface area contributed by atoms with E-state index in [0.717, 1.165) is 17.5 Å². The van der Waals surface area contributed by atoms with Crippen LogP contribution in [0.5, 0.6) is 11.5 Å². The Hall–Kier alpha value is -3.14. The first-order valence-corrected chi connectivity index (χ1v) is 14.5. The molecule has 0 radical (unpaired) electrons. The topological polar surface area (TPSA) is 89.0 Å². The Balaban J connectivity index is 0.00000420. The summed E-state index contributed by atoms with van der Waals surface area (Å²) in [7, 11) is -2.06. The monoisotopic (exact) mass is 573 g/mol. The van der Waals surface area contributed by atoms with Gasteiger partial charge in [0, 0.05) is 43.9 Å². The largest absolute Gasteiger partial charge is 0.489 e. The smallest absolute Gasteiger partial charge is 0.237 e. The van der Waals surface area contributed by atoms with Crippen molar-refractivity contribution < 1.29 is 22.7 Å². The average molecular weight is 574 g/mol. The van der Waals surface area contributed by atoms with E-state index < -0.39 is 21.7 Å². The summed E-state index contributed by atoms with van der Waals surface area (Å²) in [5, 5.41) is 0. The van der Waals surface area contributed by atoms with Crippen molar-refractivity contribution in [2.45, 2.75) is 44.9 Å². The molecular weight excluding hydrogens is 538 g/mol. The number of nitrogens with zero attached hydrogens (tertiary/aromatic N) is 3. The third-order valence-electron chi connectivity index (χ3n) is 6.58. The number of sulfonamides is 1. The van der Waals surface area contributed by atoms with Gasteiger partial charge < -0.3 is 14.4 Å². The highest BCUT2D eigenvalue weighted by Crippen LogP contribution is 2.44. The second-order valence-electron chi connectivity index (χ2n) is 10.3. The number of pyridine rings is 1. The molecule has 4 rings (SSSR count). The van der Waals surface area contributed by atoms with E-state index in [2.05, 4.69) is 4.98 Å². The summed E-state index contributed by atoms with van der Waals surface area (Å²) < 4.78 is 39.6. The lowest BCUT2D eigenvalue weighted by atomic mass is 9.89. The van der Waals surface area contributed by atoms with Crippen LogP contribution in [0.4, 0.5) is 0 Å². The Morgan fingerprint density at radius 1 is 1.10 bits per heavy atom. The molecule has 0 N–H and O–H groups in total. The zero-order valence-electron chi connectivity index (χ0n) is 22.7. The fourth-order valence-corrected chi connectivity index (χ4v) is 5.54. The van der Waals surface area contributed by atoms with Gasteiger partial charge in [-0.1, -0.05) is 36.4 Å². The molecule has 0 aliphatic carbocycles. The van der Waals surface area contributed by atoms with Crippen LogP contribution in [0.3, 0.4) is 0 Å². The van der Waals surface area contributed by atoms with Gasteiger partial charge in [0.05, 0.1) is 18.8 Å². The molecule has 1 unspecified atom stereocenters. The number of ether oxygens (including phenoxy) is 2. The first-order valence-electron chi connectivity index (χ1n) is 12.6. The molecule has 1 aromatic heterocycles. The maximum Gasteiger partial charge on any atom is 0.237 e. The maximum atomic E-state index is 13.2. The van der Waals surface area contributed by atoms with Gasteiger partial charge in [-0.3, -0.25) is 9.78 Å². The van der Waals surface area contributed by atoms with Gasteiger partial charge in [-0.2, -0.15) is 4.31 Å². The van der Waals surface area contributed by atoms with Crippen molar-refractivity contribution in [1.29, 1.82) is 0 Å². The number of likely N-dealkylation sites (N-methyl/N-ethyl adjacent to an activating group) is 1. The predicted octanol–water partition coefficient (Wildman–Crippen LogP) is 4.65. The number of rotatable bonds is 10. The zero-order valence-corrected chi connectivity index (χ0v) is 24.4. The Labute approximate surface area is 237 Å². The summed E-state index contributed by atoms with van der Waals surface area (Å²) in [5.41, 5.74) is 1.96. The molecule has 10 heteroatoms. The molecule has 210 valence electrons. The SMILES string of the molecule is CN(CCc1ccccn1)C(=O)CN(C1CC(C)(C)Oc2ccc(OCc3ccccc3)cc21)S(C)(=O)=O.Cl. The van der Waals surface area contributed by atoms with Crippen molar-refractivity contribution in [3.63, 3.8) is 0 Å². The van der Waals surface area contributed by atoms with Crippen molar-refractivity contribution in [2.24, 2.45) is 0 Å². The molecule has 2 heterocycles. The quantitative estimate of drug-likeness (QED) is 0.351. The molecule has 0 fully saturated rings. The van der Waals surface area contributed by atoms with Crippen molar-refractivity contribution in [2.75, 3.05) is 26.4 Å². The van der Waals surface area contributed by atoms with Crippen LogP contribution in [0.1, 0.15) is 43.1 Å². The van der Waals surface area contributed by atoms with Gasteiger partial charge in [-0.15, -0.1) is 12.4 Å². The minimum Gasteiger partial charge on any atom is -0.489 e. The number of hydrogen-bond acceptors (Lipinski definition) is 6. The van der Waals surface area contributed by atoms with Gasteiger partial charge >= 0.3 is 0 Å². The lowest BCUT2D eigenvalue weighted by Crippen LogP contribution is -2.47. The Kier molecular flexibility index (Phi) is 9.98. The Bertz CT molecular complexity index is 1350. The standard InChI is InChI=1S/C29H35N3O5S.ClH/c1-29(2)19-26(25-18-24(13-14-27(25)37-29)36-21-22-10-6-5-7-11-22)32(38(4,34)35)20-28(33)31(3)17-15-23-12-8-9-16-30-23;/h5-14,16,18,26H,15,17,19-21H2,1-4H3;1H. The number of carbonyl (C=O) groups excluding carboxylic acids is 1. The Morgan fingerprint density at radius 3 is 2.49 bits per heavy atom. The van der Waals surface area contributed by atoms with Gasteiger partial charge in [-0.05, 0) is 49.7 Å². The number of benzene rings is 2. The van der Waals surface area contributed by atoms with E-state index in [1.165, 1.54) is 4.31 Å². The van der Waals surface area contributed by atoms with Crippen LogP contribution in [0.25, 0.3) is 0 Å². The molecule has 1 aliphatic heterocycles. The Morgan fingerprint density at radius 2 is 1.82 bits per heavy atom. The predicted molar refractivity (Wildman–Crippen MR) is 154 cm³/mol. The summed E-state index contributed by atoms with van der Waals surface area (Å²) in [6.07, 6.45) is 3.83. The molecule has 2 aromatic carbocycles. The highest BCUT2D eigenvalue weighted by Gasteiger charge is 2.41. The second-order valence-corrected chi connectivity index (χ2v) is 12.2. The number of halogens is 1. The lowest BCUT2D eigenvalue weighted by molar-refractivity contribution is -0.130. The lowest BCUT2D eigenvalue weighted by Gasteiger charge is -2.41. The maximum absolute atomic E-state index is 13.2. The highest BCUT2D eigenvalue weighted by atomic mass is 35.5. The third-order valence-corrected chi connectivity index (χ3v) is 7.82. The summed E-state index contributed by atoms with van der Waals surface area (Å²) in [4.78, 5) is 19.1. The minimum atomic E-state index is -3.74. The van der Waals surface area contributed by atoms with Crippen LogP contribution in [-0.2, 0) is 27.8 Å². The van der Waals surface area contributed by atoms with Crippen LogP contribution in [0, 0.1) is 0 Å². The van der Waals surface area contributed by atoms with Crippen LogP contribution in [0.2, 0.25) is 0 Å². The van der Waals surface area contributed by atoms with E-state index in [1.807, 2.05) is 80.6 Å². The second kappa shape index (κ2) is 12.8. The molecule has 0 spiro atoms. The summed E-state index contributed by atoms with van der Waals surface area (Å²) in [6.45, 7) is 4.38. The van der Waals surface area contributed by atoms with Crippen LogP contribution < -0.4 is 9.47 Å². The van der Waals surface area contributed by atoms with Crippen LogP contribution >= 0.6 is 12.4 Å². The third kappa shape index (κ3) is 8.17. The number of amides is 1. The van der Waals surface area contributed by atoms with E-state index in [0.29, 0.717) is 43.1 Å². The molecule has 1 amide bonds. The minimum absolute atomic E-state index is 0. The van der Waals surface area contributed by atoms with E-state index in [9.17, 15) is 13.2 Å². The van der Waals surface area contributed by atoms with Gasteiger partial charge in [0.1, 0.15) is 23.7 Å². The molecule has 39 heavy (non-hydrogen) atoms. The van der Waals surface area contributed by atoms with Crippen LogP contribution in [0.15, 0.2) is 72.9 Å². The fraction of sp³-hybridized carbons (Fsp3) is 0.379. The molecule has 8 nitrogen and oxygen atoms in total. The molecule has 0 saturated carbocycles. The van der Waals surface area contributed by atoms with E-state index >= 15 is 0 Å². The molecule has 0 bridgehead atoms. The number of aromatic nitrogens is 1. The summed E-state index contributed by atoms with van der Waals surface area (Å²) in [5.74, 6) is 0.907. The number of fused-ring (bicyclic) bond motifs is 1. The molecule has 1 atom stereocenters. The molecule has 0 saturated heterocycles. The number of carbonyl (C=O) groups is 1. The fourth-order valence-electron chi connectivity index (χ4n) is 4.55. The first kappa shape index (κ1) is 30.4. The van der Waals surface area contributed by atoms with E-state index in [1.54, 1.807) is 18.1 Å². The normalized spacial score (nSPS) is 16.0. The molecular formula is C29H36ClN3O5S. The van der Waals surface area contributed by atoms with Gasteiger partial charge in [0.2, 0.25) is 15.9 Å². The zero-order chi connectivity index (χ0) is 27.3. The van der Waals surface area contributed by atoms with Gasteiger partial charge in [0.15, 0.2) is 0 Å². The van der Waals surface area contributed by atoms with Crippen LogP contribution in [-0.4, -0.2) is 60.5 Å². The highest BCUT2D eigenvalue weighted by molar-refractivity contribution is 7.88. The van der Waals surface area contributed by atoms with Crippen molar-refractivity contribution >= 4 is 28.3 Å².